The lowest BCUT2D eigenvalue weighted by atomic mass is 10.3. The topological polar surface area (TPSA) is 75.7 Å². The molecule has 0 fully saturated rings. The maximum atomic E-state index is 12.2. The van der Waals surface area contributed by atoms with Crippen molar-refractivity contribution in [2.45, 2.75) is 17.9 Å². The Labute approximate surface area is 142 Å². The molecule has 0 saturated carbocycles. The molecule has 1 N–H and O–H groups in total. The molecular weight excluding hydrogens is 328 g/mol. The van der Waals surface area contributed by atoms with E-state index >= 15 is 0 Å². The van der Waals surface area contributed by atoms with E-state index in [1.165, 1.54) is 26.2 Å². The van der Waals surface area contributed by atoms with Gasteiger partial charge in [0, 0.05) is 19.8 Å². The first-order valence-electron chi connectivity index (χ1n) is 7.36. The molecule has 2 aromatic carbocycles. The summed E-state index contributed by atoms with van der Waals surface area (Å²) in [6, 6.07) is 15.1. The number of anilines is 1. The Morgan fingerprint density at radius 2 is 1.75 bits per heavy atom. The van der Waals surface area contributed by atoms with Gasteiger partial charge in [-0.2, -0.15) is 0 Å². The standard InChI is InChI=1S/C17H20N2O4S/c1-13(23-15-9-5-4-6-10-15)17(20)18-14-8-7-11-16(12-14)24(21,22)19(2)3/h4-13H,1-3H3,(H,18,20)/t13-/m0/s1. The molecule has 1 atom stereocenters. The zero-order valence-electron chi connectivity index (χ0n) is 13.8. The van der Waals surface area contributed by atoms with Crippen LogP contribution in [0.2, 0.25) is 0 Å². The monoisotopic (exact) mass is 348 g/mol. The highest BCUT2D eigenvalue weighted by atomic mass is 32.2. The second-order valence-electron chi connectivity index (χ2n) is 5.38. The molecule has 0 aliphatic heterocycles. The summed E-state index contributed by atoms with van der Waals surface area (Å²) in [5, 5.41) is 2.67. The summed E-state index contributed by atoms with van der Waals surface area (Å²) in [5.74, 6) is 0.224. The van der Waals surface area contributed by atoms with Crippen molar-refractivity contribution in [2.75, 3.05) is 19.4 Å². The van der Waals surface area contributed by atoms with Gasteiger partial charge in [-0.1, -0.05) is 24.3 Å². The highest BCUT2D eigenvalue weighted by molar-refractivity contribution is 7.89. The van der Waals surface area contributed by atoms with Crippen LogP contribution in [0.5, 0.6) is 5.75 Å². The molecule has 0 bridgehead atoms. The van der Waals surface area contributed by atoms with Crippen molar-refractivity contribution in [3.8, 4) is 5.75 Å². The molecule has 2 aromatic rings. The number of nitrogens with one attached hydrogen (secondary N) is 1. The lowest BCUT2D eigenvalue weighted by molar-refractivity contribution is -0.122. The van der Waals surface area contributed by atoms with Gasteiger partial charge in [0.1, 0.15) is 5.75 Å². The largest absolute Gasteiger partial charge is 0.481 e. The number of hydrogen-bond acceptors (Lipinski definition) is 4. The van der Waals surface area contributed by atoms with Crippen LogP contribution in [0.4, 0.5) is 5.69 Å². The van der Waals surface area contributed by atoms with Crippen LogP contribution in [0.15, 0.2) is 59.5 Å². The number of sulfonamides is 1. The third-order valence-electron chi connectivity index (χ3n) is 3.31. The van der Waals surface area contributed by atoms with Gasteiger partial charge in [-0.3, -0.25) is 4.79 Å². The molecule has 0 aliphatic carbocycles. The van der Waals surface area contributed by atoms with E-state index in [1.807, 2.05) is 18.2 Å². The molecule has 0 saturated heterocycles. The van der Waals surface area contributed by atoms with Crippen LogP contribution in [0.25, 0.3) is 0 Å². The molecule has 7 heteroatoms. The quantitative estimate of drug-likeness (QED) is 0.869. The molecule has 0 unspecified atom stereocenters. The van der Waals surface area contributed by atoms with E-state index in [1.54, 1.807) is 31.2 Å². The molecular formula is C17H20N2O4S. The van der Waals surface area contributed by atoms with Crippen molar-refractivity contribution in [1.29, 1.82) is 0 Å². The van der Waals surface area contributed by atoms with Gasteiger partial charge in [0.25, 0.3) is 5.91 Å². The first kappa shape index (κ1) is 18.0. The van der Waals surface area contributed by atoms with Crippen molar-refractivity contribution in [3.63, 3.8) is 0 Å². The van der Waals surface area contributed by atoms with Crippen LogP contribution >= 0.6 is 0 Å². The van der Waals surface area contributed by atoms with Crippen molar-refractivity contribution >= 4 is 21.6 Å². The van der Waals surface area contributed by atoms with E-state index in [9.17, 15) is 13.2 Å². The number of amides is 1. The number of nitrogens with zero attached hydrogens (tertiary/aromatic N) is 1. The summed E-state index contributed by atoms with van der Waals surface area (Å²) < 4.78 is 30.9. The number of benzene rings is 2. The SMILES string of the molecule is C[C@H](Oc1ccccc1)C(=O)Nc1cccc(S(=O)(=O)N(C)C)c1. The van der Waals surface area contributed by atoms with E-state index < -0.39 is 16.1 Å². The van der Waals surface area contributed by atoms with Gasteiger partial charge < -0.3 is 10.1 Å². The molecule has 2 rings (SSSR count). The molecule has 0 heterocycles. The Balaban J connectivity index is 2.09. The summed E-state index contributed by atoms with van der Waals surface area (Å²) in [5.41, 5.74) is 0.395. The van der Waals surface area contributed by atoms with Crippen LogP contribution in [-0.4, -0.2) is 38.8 Å². The molecule has 0 spiro atoms. The van der Waals surface area contributed by atoms with Crippen molar-refractivity contribution in [1.82, 2.24) is 4.31 Å². The number of para-hydroxylation sites is 1. The van der Waals surface area contributed by atoms with Crippen LogP contribution in [0.1, 0.15) is 6.92 Å². The summed E-state index contributed by atoms with van der Waals surface area (Å²) in [6.07, 6.45) is -0.721. The minimum absolute atomic E-state index is 0.113. The lowest BCUT2D eigenvalue weighted by Crippen LogP contribution is -2.30. The number of hydrogen-bond donors (Lipinski definition) is 1. The molecule has 24 heavy (non-hydrogen) atoms. The van der Waals surface area contributed by atoms with Crippen LogP contribution in [-0.2, 0) is 14.8 Å². The first-order valence-corrected chi connectivity index (χ1v) is 8.80. The fourth-order valence-electron chi connectivity index (χ4n) is 1.95. The van der Waals surface area contributed by atoms with Crippen molar-refractivity contribution < 1.29 is 17.9 Å². The summed E-state index contributed by atoms with van der Waals surface area (Å²) >= 11 is 0. The lowest BCUT2D eigenvalue weighted by Gasteiger charge is -2.16. The van der Waals surface area contributed by atoms with E-state index in [0.717, 1.165) is 4.31 Å². The highest BCUT2D eigenvalue weighted by Gasteiger charge is 2.19. The van der Waals surface area contributed by atoms with E-state index in [0.29, 0.717) is 11.4 Å². The molecule has 0 aromatic heterocycles. The number of ether oxygens (including phenoxy) is 1. The fraction of sp³-hybridized carbons (Fsp3) is 0.235. The van der Waals surface area contributed by atoms with Crippen LogP contribution in [0.3, 0.4) is 0 Å². The number of rotatable bonds is 6. The zero-order chi connectivity index (χ0) is 17.7. The van der Waals surface area contributed by atoms with E-state index in [4.69, 9.17) is 4.74 Å². The summed E-state index contributed by atoms with van der Waals surface area (Å²) in [7, 11) is -0.644. The predicted molar refractivity (Wildman–Crippen MR) is 92.5 cm³/mol. The second-order valence-corrected chi connectivity index (χ2v) is 7.53. The average molecular weight is 348 g/mol. The van der Waals surface area contributed by atoms with Crippen molar-refractivity contribution in [2.24, 2.45) is 0 Å². The van der Waals surface area contributed by atoms with Crippen LogP contribution in [0, 0.1) is 0 Å². The van der Waals surface area contributed by atoms with Gasteiger partial charge in [0.2, 0.25) is 10.0 Å². The van der Waals surface area contributed by atoms with Gasteiger partial charge in [-0.25, -0.2) is 12.7 Å². The summed E-state index contributed by atoms with van der Waals surface area (Å²) in [4.78, 5) is 12.3. The zero-order valence-corrected chi connectivity index (χ0v) is 14.6. The number of carbonyl (C=O) groups excluding carboxylic acids is 1. The third-order valence-corrected chi connectivity index (χ3v) is 5.12. The van der Waals surface area contributed by atoms with Gasteiger partial charge in [0.15, 0.2) is 6.10 Å². The van der Waals surface area contributed by atoms with Gasteiger partial charge >= 0.3 is 0 Å². The Morgan fingerprint density at radius 1 is 1.08 bits per heavy atom. The maximum Gasteiger partial charge on any atom is 0.265 e. The minimum Gasteiger partial charge on any atom is -0.481 e. The van der Waals surface area contributed by atoms with Crippen LogP contribution < -0.4 is 10.1 Å². The molecule has 1 amide bonds. The molecule has 0 aliphatic rings. The maximum absolute atomic E-state index is 12.2. The van der Waals surface area contributed by atoms with E-state index in [-0.39, 0.29) is 10.8 Å². The van der Waals surface area contributed by atoms with Gasteiger partial charge in [0.05, 0.1) is 4.90 Å². The van der Waals surface area contributed by atoms with Gasteiger partial charge in [-0.15, -0.1) is 0 Å². The smallest absolute Gasteiger partial charge is 0.265 e. The third kappa shape index (κ3) is 4.33. The average Bonchev–Trinajstić information content (AvgIpc) is 2.55. The fourth-order valence-corrected chi connectivity index (χ4v) is 2.89. The Bertz CT molecular complexity index is 804. The normalized spacial score (nSPS) is 12.7. The molecule has 6 nitrogen and oxygen atoms in total. The Hall–Kier alpha value is -2.38. The molecule has 0 radical (unpaired) electrons. The molecule has 128 valence electrons. The predicted octanol–water partition coefficient (Wildman–Crippen LogP) is 2.34. The van der Waals surface area contributed by atoms with E-state index in [2.05, 4.69) is 5.32 Å². The Morgan fingerprint density at radius 3 is 2.38 bits per heavy atom. The highest BCUT2D eigenvalue weighted by Crippen LogP contribution is 2.18. The first-order chi connectivity index (χ1) is 11.3. The minimum atomic E-state index is -3.55. The van der Waals surface area contributed by atoms with Gasteiger partial charge in [-0.05, 0) is 37.3 Å². The Kier molecular flexibility index (Phi) is 5.58. The number of carbonyl (C=O) groups is 1. The van der Waals surface area contributed by atoms with Crippen molar-refractivity contribution in [3.05, 3.63) is 54.6 Å². The second kappa shape index (κ2) is 7.46. The summed E-state index contributed by atoms with van der Waals surface area (Å²) in [6.45, 7) is 1.63.